The maximum atomic E-state index is 12.2. The molecule has 104 valence electrons. The Morgan fingerprint density at radius 3 is 2.89 bits per heavy atom. The van der Waals surface area contributed by atoms with Gasteiger partial charge in [0.1, 0.15) is 5.82 Å². The molecule has 1 aliphatic heterocycles. The number of aromatic nitrogens is 1. The lowest BCUT2D eigenvalue weighted by Crippen LogP contribution is -2.37. The molecular formula is C14H21N3OS. The fraction of sp³-hybridized carbons (Fsp3) is 0.571. The summed E-state index contributed by atoms with van der Waals surface area (Å²) >= 11 is 1.95. The quantitative estimate of drug-likeness (QED) is 0.887. The Morgan fingerprint density at radius 2 is 2.21 bits per heavy atom. The van der Waals surface area contributed by atoms with Crippen LogP contribution in [0.15, 0.2) is 12.1 Å². The number of aryl methyl sites for hydroxylation is 1. The molecule has 0 radical (unpaired) electrons. The van der Waals surface area contributed by atoms with E-state index in [-0.39, 0.29) is 5.91 Å². The van der Waals surface area contributed by atoms with E-state index in [4.69, 9.17) is 5.73 Å². The van der Waals surface area contributed by atoms with E-state index < -0.39 is 0 Å². The first kappa shape index (κ1) is 14.2. The van der Waals surface area contributed by atoms with E-state index in [1.54, 1.807) is 6.07 Å². The lowest BCUT2D eigenvalue weighted by Gasteiger charge is -2.22. The van der Waals surface area contributed by atoms with Gasteiger partial charge in [-0.15, -0.1) is 0 Å². The van der Waals surface area contributed by atoms with Gasteiger partial charge >= 0.3 is 0 Å². The fourth-order valence-corrected chi connectivity index (χ4v) is 3.34. The van der Waals surface area contributed by atoms with Crippen molar-refractivity contribution in [1.82, 2.24) is 10.3 Å². The molecule has 0 bridgehead atoms. The van der Waals surface area contributed by atoms with E-state index in [1.165, 1.54) is 0 Å². The van der Waals surface area contributed by atoms with Crippen LogP contribution in [0.5, 0.6) is 0 Å². The normalized spacial score (nSPS) is 16.3. The van der Waals surface area contributed by atoms with Crippen LogP contribution in [0.3, 0.4) is 0 Å². The van der Waals surface area contributed by atoms with Gasteiger partial charge in [-0.2, -0.15) is 11.8 Å². The molecule has 0 spiro atoms. The number of hydrogen-bond donors (Lipinski definition) is 2. The van der Waals surface area contributed by atoms with E-state index in [0.717, 1.165) is 42.9 Å². The SMILES string of the molecule is CCCc1cc(C(=O)NC2CCSCC2)cc(N)n1. The van der Waals surface area contributed by atoms with Gasteiger partial charge in [0.25, 0.3) is 5.91 Å². The summed E-state index contributed by atoms with van der Waals surface area (Å²) in [5, 5.41) is 3.10. The smallest absolute Gasteiger partial charge is 0.251 e. The third-order valence-corrected chi connectivity index (χ3v) is 4.27. The van der Waals surface area contributed by atoms with Gasteiger partial charge in [-0.3, -0.25) is 4.79 Å². The van der Waals surface area contributed by atoms with Gasteiger partial charge in [0, 0.05) is 17.3 Å². The molecule has 19 heavy (non-hydrogen) atoms. The van der Waals surface area contributed by atoms with Crippen molar-refractivity contribution in [3.63, 3.8) is 0 Å². The van der Waals surface area contributed by atoms with Crippen LogP contribution >= 0.6 is 11.8 Å². The summed E-state index contributed by atoms with van der Waals surface area (Å²) in [7, 11) is 0. The summed E-state index contributed by atoms with van der Waals surface area (Å²) in [4.78, 5) is 16.5. The van der Waals surface area contributed by atoms with Crippen molar-refractivity contribution >= 4 is 23.5 Å². The summed E-state index contributed by atoms with van der Waals surface area (Å²) in [6.45, 7) is 2.09. The molecule has 1 fully saturated rings. The van der Waals surface area contributed by atoms with E-state index in [2.05, 4.69) is 17.2 Å². The van der Waals surface area contributed by atoms with Crippen LogP contribution in [-0.4, -0.2) is 28.4 Å². The Bertz CT molecular complexity index is 444. The number of thioether (sulfide) groups is 1. The average Bonchev–Trinajstić information content (AvgIpc) is 2.39. The zero-order valence-corrected chi connectivity index (χ0v) is 12.1. The van der Waals surface area contributed by atoms with Crippen molar-refractivity contribution in [3.8, 4) is 0 Å². The highest BCUT2D eigenvalue weighted by molar-refractivity contribution is 7.99. The van der Waals surface area contributed by atoms with Gasteiger partial charge in [0.15, 0.2) is 0 Å². The second-order valence-corrected chi connectivity index (χ2v) is 6.11. The minimum absolute atomic E-state index is 0.0247. The zero-order valence-electron chi connectivity index (χ0n) is 11.3. The molecule has 1 saturated heterocycles. The van der Waals surface area contributed by atoms with Crippen molar-refractivity contribution < 1.29 is 4.79 Å². The van der Waals surface area contributed by atoms with Crippen LogP contribution in [0.2, 0.25) is 0 Å². The molecule has 1 aromatic heterocycles. The molecule has 2 heterocycles. The van der Waals surface area contributed by atoms with Gasteiger partial charge in [-0.25, -0.2) is 4.98 Å². The maximum Gasteiger partial charge on any atom is 0.251 e. The summed E-state index contributed by atoms with van der Waals surface area (Å²) in [6.07, 6.45) is 3.96. The first-order valence-corrected chi connectivity index (χ1v) is 7.99. The summed E-state index contributed by atoms with van der Waals surface area (Å²) < 4.78 is 0. The van der Waals surface area contributed by atoms with E-state index in [1.807, 2.05) is 17.8 Å². The third-order valence-electron chi connectivity index (χ3n) is 3.22. The second-order valence-electron chi connectivity index (χ2n) is 4.88. The van der Waals surface area contributed by atoms with Crippen molar-refractivity contribution in [2.24, 2.45) is 0 Å². The third kappa shape index (κ3) is 4.13. The van der Waals surface area contributed by atoms with E-state index >= 15 is 0 Å². The number of nitrogens with one attached hydrogen (secondary N) is 1. The number of rotatable bonds is 4. The Hall–Kier alpha value is -1.23. The molecule has 0 aromatic carbocycles. The first-order valence-electron chi connectivity index (χ1n) is 6.84. The zero-order chi connectivity index (χ0) is 13.7. The highest BCUT2D eigenvalue weighted by atomic mass is 32.2. The molecule has 5 heteroatoms. The molecule has 3 N–H and O–H groups in total. The number of carbonyl (C=O) groups excluding carboxylic acids is 1. The predicted molar refractivity (Wildman–Crippen MR) is 80.5 cm³/mol. The maximum absolute atomic E-state index is 12.2. The molecule has 2 rings (SSSR count). The second kappa shape index (κ2) is 6.80. The van der Waals surface area contributed by atoms with Gasteiger partial charge in [0.05, 0.1) is 0 Å². The van der Waals surface area contributed by atoms with Crippen molar-refractivity contribution in [3.05, 3.63) is 23.4 Å². The fourth-order valence-electron chi connectivity index (χ4n) is 2.24. The molecular weight excluding hydrogens is 258 g/mol. The standard InChI is InChI=1S/C14H21N3OS/c1-2-3-12-8-10(9-13(15)16-12)14(18)17-11-4-6-19-7-5-11/h8-9,11H,2-7H2,1H3,(H2,15,16)(H,17,18). The van der Waals surface area contributed by atoms with Gasteiger partial charge < -0.3 is 11.1 Å². The summed E-state index contributed by atoms with van der Waals surface area (Å²) in [5.74, 6) is 2.66. The van der Waals surface area contributed by atoms with Crippen LogP contribution in [-0.2, 0) is 6.42 Å². The number of hydrogen-bond acceptors (Lipinski definition) is 4. The average molecular weight is 279 g/mol. The van der Waals surface area contributed by atoms with Crippen LogP contribution in [0, 0.1) is 0 Å². The molecule has 0 saturated carbocycles. The van der Waals surface area contributed by atoms with Crippen LogP contribution < -0.4 is 11.1 Å². The minimum atomic E-state index is -0.0247. The highest BCUT2D eigenvalue weighted by Crippen LogP contribution is 2.18. The number of carbonyl (C=O) groups is 1. The molecule has 4 nitrogen and oxygen atoms in total. The van der Waals surface area contributed by atoms with Gasteiger partial charge in [-0.05, 0) is 42.9 Å². The monoisotopic (exact) mass is 279 g/mol. The Kier molecular flexibility index (Phi) is 5.07. The number of nitrogens with two attached hydrogens (primary N) is 1. The lowest BCUT2D eigenvalue weighted by atomic mass is 10.1. The van der Waals surface area contributed by atoms with Crippen LogP contribution in [0.1, 0.15) is 42.2 Å². The molecule has 1 aliphatic rings. The number of nitrogen functional groups attached to an aromatic ring is 1. The number of amides is 1. The number of pyridine rings is 1. The van der Waals surface area contributed by atoms with Crippen molar-refractivity contribution in [1.29, 1.82) is 0 Å². The molecule has 0 unspecified atom stereocenters. The minimum Gasteiger partial charge on any atom is -0.384 e. The largest absolute Gasteiger partial charge is 0.384 e. The Labute approximate surface area is 118 Å². The first-order chi connectivity index (χ1) is 9.19. The topological polar surface area (TPSA) is 68.0 Å². The molecule has 0 aliphatic carbocycles. The van der Waals surface area contributed by atoms with Crippen LogP contribution in [0.25, 0.3) is 0 Å². The van der Waals surface area contributed by atoms with Crippen molar-refractivity contribution in [2.45, 2.75) is 38.6 Å². The lowest BCUT2D eigenvalue weighted by molar-refractivity contribution is 0.0934. The highest BCUT2D eigenvalue weighted by Gasteiger charge is 2.17. The predicted octanol–water partition coefficient (Wildman–Crippen LogP) is 2.24. The Morgan fingerprint density at radius 1 is 1.47 bits per heavy atom. The van der Waals surface area contributed by atoms with Crippen LogP contribution in [0.4, 0.5) is 5.82 Å². The van der Waals surface area contributed by atoms with E-state index in [0.29, 0.717) is 17.4 Å². The molecule has 1 aromatic rings. The van der Waals surface area contributed by atoms with Gasteiger partial charge in [-0.1, -0.05) is 13.3 Å². The summed E-state index contributed by atoms with van der Waals surface area (Å²) in [6, 6.07) is 3.82. The van der Waals surface area contributed by atoms with Crippen molar-refractivity contribution in [2.75, 3.05) is 17.2 Å². The number of anilines is 1. The van der Waals surface area contributed by atoms with E-state index in [9.17, 15) is 4.79 Å². The summed E-state index contributed by atoms with van der Waals surface area (Å²) in [5.41, 5.74) is 7.29. The number of nitrogens with zero attached hydrogens (tertiary/aromatic N) is 1. The molecule has 0 atom stereocenters. The van der Waals surface area contributed by atoms with Gasteiger partial charge in [0.2, 0.25) is 0 Å². The molecule has 1 amide bonds. The Balaban J connectivity index is 2.05.